The zero-order valence-electron chi connectivity index (χ0n) is 12.5. The summed E-state index contributed by atoms with van der Waals surface area (Å²) in [5.41, 5.74) is 3.44. The van der Waals surface area contributed by atoms with Gasteiger partial charge in [-0.25, -0.2) is 0 Å². The molecule has 0 N–H and O–H groups in total. The van der Waals surface area contributed by atoms with Gasteiger partial charge in [-0.3, -0.25) is 0 Å². The number of fused-ring (bicyclic) bond motifs is 1. The standard InChI is InChI=1S/C15H22BNO2/c1-11-7-6-8-12-9-10-17(13(11)12)16-18-14(2,3)15(4,5)19-16/h6-8H,9-10H2,1-5H3. The Bertz CT molecular complexity index is 497. The van der Waals surface area contributed by atoms with Gasteiger partial charge >= 0.3 is 7.25 Å². The van der Waals surface area contributed by atoms with Crippen molar-refractivity contribution in [3.63, 3.8) is 0 Å². The summed E-state index contributed by atoms with van der Waals surface area (Å²) >= 11 is 0. The third kappa shape index (κ3) is 1.89. The fourth-order valence-corrected chi connectivity index (χ4v) is 2.84. The van der Waals surface area contributed by atoms with Gasteiger partial charge in [-0.05, 0) is 52.2 Å². The summed E-state index contributed by atoms with van der Waals surface area (Å²) in [5.74, 6) is 0. The van der Waals surface area contributed by atoms with E-state index < -0.39 is 0 Å². The second kappa shape index (κ2) is 4.00. The van der Waals surface area contributed by atoms with Gasteiger partial charge in [0.05, 0.1) is 11.2 Å². The number of aryl methyl sites for hydroxylation is 1. The summed E-state index contributed by atoms with van der Waals surface area (Å²) in [4.78, 5) is 2.27. The summed E-state index contributed by atoms with van der Waals surface area (Å²) in [5, 5.41) is 0. The molecule has 0 atom stereocenters. The van der Waals surface area contributed by atoms with E-state index in [1.807, 2.05) is 0 Å². The van der Waals surface area contributed by atoms with Gasteiger partial charge in [0.15, 0.2) is 0 Å². The predicted molar refractivity (Wildman–Crippen MR) is 78.3 cm³/mol. The first-order valence-electron chi connectivity index (χ1n) is 7.03. The molecule has 1 fully saturated rings. The lowest BCUT2D eigenvalue weighted by Gasteiger charge is -2.32. The smallest absolute Gasteiger partial charge is 0.384 e. The zero-order valence-corrected chi connectivity index (χ0v) is 12.5. The average Bonchev–Trinajstić information content (AvgIpc) is 2.80. The molecule has 0 radical (unpaired) electrons. The maximum Gasteiger partial charge on any atom is 0.594 e. The van der Waals surface area contributed by atoms with E-state index in [-0.39, 0.29) is 18.5 Å². The molecule has 4 heteroatoms. The zero-order chi connectivity index (χ0) is 13.8. The van der Waals surface area contributed by atoms with E-state index in [9.17, 15) is 0 Å². The number of hydrogen-bond donors (Lipinski definition) is 0. The molecule has 2 heterocycles. The molecule has 2 aliphatic rings. The Hall–Kier alpha value is -0.995. The highest BCUT2D eigenvalue weighted by Gasteiger charge is 2.55. The number of rotatable bonds is 1. The molecule has 0 bridgehead atoms. The molecule has 0 unspecified atom stereocenters. The molecule has 2 aliphatic heterocycles. The van der Waals surface area contributed by atoms with Crippen LogP contribution < -0.4 is 4.81 Å². The van der Waals surface area contributed by atoms with Crippen LogP contribution in [0.15, 0.2) is 18.2 Å². The number of benzene rings is 1. The van der Waals surface area contributed by atoms with E-state index >= 15 is 0 Å². The van der Waals surface area contributed by atoms with Crippen molar-refractivity contribution < 1.29 is 9.31 Å². The Kier molecular flexibility index (Phi) is 2.74. The molecule has 1 saturated heterocycles. The van der Waals surface area contributed by atoms with E-state index in [0.717, 1.165) is 13.0 Å². The van der Waals surface area contributed by atoms with Crippen molar-refractivity contribution in [2.24, 2.45) is 0 Å². The van der Waals surface area contributed by atoms with Gasteiger partial charge in [0, 0.05) is 12.2 Å². The van der Waals surface area contributed by atoms with Crippen molar-refractivity contribution in [2.45, 2.75) is 52.2 Å². The Morgan fingerprint density at radius 2 is 1.74 bits per heavy atom. The number of hydrogen-bond acceptors (Lipinski definition) is 3. The van der Waals surface area contributed by atoms with Gasteiger partial charge in [0.2, 0.25) is 0 Å². The molecule has 0 aliphatic carbocycles. The summed E-state index contributed by atoms with van der Waals surface area (Å²) in [6, 6.07) is 6.48. The van der Waals surface area contributed by atoms with E-state index in [1.54, 1.807) is 0 Å². The average molecular weight is 259 g/mol. The van der Waals surface area contributed by atoms with Gasteiger partial charge in [-0.1, -0.05) is 18.2 Å². The van der Waals surface area contributed by atoms with E-state index in [4.69, 9.17) is 9.31 Å². The van der Waals surface area contributed by atoms with Crippen molar-refractivity contribution in [2.75, 3.05) is 11.4 Å². The monoisotopic (exact) mass is 259 g/mol. The molecule has 1 aromatic rings. The molecule has 19 heavy (non-hydrogen) atoms. The Labute approximate surface area is 116 Å². The normalized spacial score (nSPS) is 23.8. The first-order chi connectivity index (χ1) is 8.82. The minimum Gasteiger partial charge on any atom is -0.384 e. The Balaban J connectivity index is 1.92. The Morgan fingerprint density at radius 1 is 1.11 bits per heavy atom. The SMILES string of the molecule is Cc1cccc2c1N(B1OC(C)(C)C(C)(C)O1)CC2. The van der Waals surface area contributed by atoms with Crippen molar-refractivity contribution in [1.29, 1.82) is 0 Å². The van der Waals surface area contributed by atoms with Crippen molar-refractivity contribution in [3.8, 4) is 0 Å². The number of para-hydroxylation sites is 1. The van der Waals surface area contributed by atoms with Crippen molar-refractivity contribution in [1.82, 2.24) is 0 Å². The highest BCUT2D eigenvalue weighted by Crippen LogP contribution is 2.41. The van der Waals surface area contributed by atoms with Gasteiger partial charge in [-0.15, -0.1) is 0 Å². The van der Waals surface area contributed by atoms with Crippen molar-refractivity contribution in [3.05, 3.63) is 29.3 Å². The highest BCUT2D eigenvalue weighted by molar-refractivity contribution is 6.51. The highest BCUT2D eigenvalue weighted by atomic mass is 16.7. The predicted octanol–water partition coefficient (Wildman–Crippen LogP) is 2.95. The third-order valence-electron chi connectivity index (χ3n) is 4.73. The second-order valence-corrected chi connectivity index (χ2v) is 6.59. The van der Waals surface area contributed by atoms with Crippen LogP contribution in [0.2, 0.25) is 0 Å². The fraction of sp³-hybridized carbons (Fsp3) is 0.600. The summed E-state index contributed by atoms with van der Waals surface area (Å²) in [6.45, 7) is 11.5. The van der Waals surface area contributed by atoms with E-state index in [0.29, 0.717) is 0 Å². The summed E-state index contributed by atoms with van der Waals surface area (Å²) < 4.78 is 12.3. The van der Waals surface area contributed by atoms with Crippen LogP contribution in [-0.2, 0) is 15.7 Å². The maximum atomic E-state index is 6.16. The van der Waals surface area contributed by atoms with Crippen molar-refractivity contribution >= 4 is 12.9 Å². The van der Waals surface area contributed by atoms with Crippen LogP contribution in [0.5, 0.6) is 0 Å². The summed E-state index contributed by atoms with van der Waals surface area (Å²) in [6.07, 6.45) is 1.07. The molecule has 0 amide bonds. The minimum atomic E-state index is -0.275. The Morgan fingerprint density at radius 3 is 2.37 bits per heavy atom. The van der Waals surface area contributed by atoms with Crippen LogP contribution in [0.3, 0.4) is 0 Å². The summed E-state index contributed by atoms with van der Waals surface area (Å²) in [7, 11) is -0.271. The van der Waals surface area contributed by atoms with Crippen LogP contribution in [0.4, 0.5) is 5.69 Å². The molecule has 0 aromatic heterocycles. The number of anilines is 1. The first-order valence-corrected chi connectivity index (χ1v) is 7.03. The molecule has 3 rings (SSSR count). The third-order valence-corrected chi connectivity index (χ3v) is 4.73. The van der Waals surface area contributed by atoms with Crippen LogP contribution in [-0.4, -0.2) is 25.0 Å². The molecular formula is C15H22BNO2. The maximum absolute atomic E-state index is 6.16. The van der Waals surface area contributed by atoms with Gasteiger partial charge in [0.25, 0.3) is 0 Å². The van der Waals surface area contributed by atoms with Crippen LogP contribution in [0.1, 0.15) is 38.8 Å². The lowest BCUT2D eigenvalue weighted by Crippen LogP contribution is -2.41. The number of nitrogens with zero attached hydrogens (tertiary/aromatic N) is 1. The molecule has 0 spiro atoms. The first kappa shape index (κ1) is 13.0. The minimum absolute atomic E-state index is 0.271. The van der Waals surface area contributed by atoms with E-state index in [2.05, 4.69) is 57.6 Å². The molecule has 102 valence electrons. The molecule has 1 aromatic carbocycles. The fourth-order valence-electron chi connectivity index (χ4n) is 2.84. The largest absolute Gasteiger partial charge is 0.594 e. The van der Waals surface area contributed by atoms with E-state index in [1.165, 1.54) is 16.8 Å². The van der Waals surface area contributed by atoms with Crippen LogP contribution in [0, 0.1) is 6.92 Å². The molecule has 0 saturated carbocycles. The molecule has 3 nitrogen and oxygen atoms in total. The quantitative estimate of drug-likeness (QED) is 0.724. The topological polar surface area (TPSA) is 21.7 Å². The van der Waals surface area contributed by atoms with Gasteiger partial charge < -0.3 is 14.1 Å². The van der Waals surface area contributed by atoms with Gasteiger partial charge in [-0.2, -0.15) is 0 Å². The van der Waals surface area contributed by atoms with Crippen LogP contribution >= 0.6 is 0 Å². The van der Waals surface area contributed by atoms with Crippen LogP contribution in [0.25, 0.3) is 0 Å². The lowest BCUT2D eigenvalue weighted by atomic mass is 9.90. The second-order valence-electron chi connectivity index (χ2n) is 6.59. The molecular weight excluding hydrogens is 237 g/mol. The van der Waals surface area contributed by atoms with Gasteiger partial charge in [0.1, 0.15) is 0 Å². The lowest BCUT2D eigenvalue weighted by molar-refractivity contribution is 0.00578.